The molecule has 0 bridgehead atoms. The normalized spacial score (nSPS) is 18.6. The zero-order valence-corrected chi connectivity index (χ0v) is 13.6. The molecule has 1 fully saturated rings. The Morgan fingerprint density at radius 1 is 1.14 bits per heavy atom. The van der Waals surface area contributed by atoms with Gasteiger partial charge in [0, 0.05) is 38.8 Å². The van der Waals surface area contributed by atoms with Gasteiger partial charge in [0.05, 0.1) is 0 Å². The average molecular weight is 291 g/mol. The van der Waals surface area contributed by atoms with Gasteiger partial charge in [0.2, 0.25) is 0 Å². The van der Waals surface area contributed by atoms with E-state index in [0.717, 1.165) is 38.4 Å². The van der Waals surface area contributed by atoms with Crippen molar-refractivity contribution in [3.63, 3.8) is 0 Å². The van der Waals surface area contributed by atoms with Crippen LogP contribution in [0, 0.1) is 0 Å². The topological polar surface area (TPSA) is 27.7 Å². The smallest absolute Gasteiger partial charge is 0.119 e. The second-order valence-electron chi connectivity index (χ2n) is 6.03. The van der Waals surface area contributed by atoms with E-state index in [9.17, 15) is 0 Å². The van der Waals surface area contributed by atoms with Gasteiger partial charge in [0.25, 0.3) is 0 Å². The number of hydrogen-bond donors (Lipinski definition) is 1. The van der Waals surface area contributed by atoms with E-state index < -0.39 is 0 Å². The van der Waals surface area contributed by atoms with E-state index >= 15 is 0 Å². The molecule has 1 unspecified atom stereocenters. The van der Waals surface area contributed by atoms with Crippen molar-refractivity contribution < 1.29 is 4.74 Å². The fourth-order valence-electron chi connectivity index (χ4n) is 2.54. The highest BCUT2D eigenvalue weighted by atomic mass is 16.5. The van der Waals surface area contributed by atoms with Crippen molar-refractivity contribution in [1.29, 1.82) is 0 Å². The van der Waals surface area contributed by atoms with Gasteiger partial charge in [-0.2, -0.15) is 0 Å². The van der Waals surface area contributed by atoms with Crippen LogP contribution in [0.1, 0.15) is 12.5 Å². The molecule has 2 rings (SSSR count). The number of likely N-dealkylation sites (N-methyl/N-ethyl adjacent to an activating group) is 2. The molecule has 1 aromatic rings. The molecule has 1 aromatic carbocycles. The number of nitrogens with zero attached hydrogens (tertiary/aromatic N) is 2. The van der Waals surface area contributed by atoms with Crippen LogP contribution in [0.3, 0.4) is 0 Å². The Morgan fingerprint density at radius 3 is 2.43 bits per heavy atom. The molecular formula is C17H29N3O. The molecule has 1 atom stereocenters. The molecule has 1 N–H and O–H groups in total. The summed E-state index contributed by atoms with van der Waals surface area (Å²) in [5.41, 5.74) is 1.35. The van der Waals surface area contributed by atoms with E-state index in [1.807, 2.05) is 7.05 Å². The molecule has 0 spiro atoms. The van der Waals surface area contributed by atoms with E-state index in [4.69, 9.17) is 4.74 Å². The van der Waals surface area contributed by atoms with E-state index in [0.29, 0.717) is 6.04 Å². The van der Waals surface area contributed by atoms with Gasteiger partial charge in [-0.15, -0.1) is 0 Å². The number of nitrogens with one attached hydrogen (secondary N) is 1. The predicted octanol–water partition coefficient (Wildman–Crippen LogP) is 1.46. The van der Waals surface area contributed by atoms with Crippen molar-refractivity contribution in [2.45, 2.75) is 19.4 Å². The lowest BCUT2D eigenvalue weighted by molar-refractivity contribution is 0.133. The van der Waals surface area contributed by atoms with E-state index in [1.165, 1.54) is 18.7 Å². The van der Waals surface area contributed by atoms with Crippen LogP contribution in [0.4, 0.5) is 0 Å². The lowest BCUT2D eigenvalue weighted by atomic mass is 10.1. The Kier molecular flexibility index (Phi) is 6.49. The van der Waals surface area contributed by atoms with Crippen molar-refractivity contribution in [2.75, 3.05) is 53.4 Å². The molecule has 1 aliphatic rings. The van der Waals surface area contributed by atoms with E-state index in [-0.39, 0.29) is 0 Å². The number of rotatable bonds is 7. The molecule has 1 saturated heterocycles. The first-order chi connectivity index (χ1) is 10.2. The predicted molar refractivity (Wildman–Crippen MR) is 88.1 cm³/mol. The molecule has 4 heteroatoms. The maximum absolute atomic E-state index is 5.85. The summed E-state index contributed by atoms with van der Waals surface area (Å²) < 4.78 is 5.85. The van der Waals surface area contributed by atoms with Gasteiger partial charge >= 0.3 is 0 Å². The lowest BCUT2D eigenvalue weighted by Crippen LogP contribution is -2.45. The Morgan fingerprint density at radius 2 is 1.81 bits per heavy atom. The number of piperazine rings is 1. The molecule has 0 aromatic heterocycles. The first-order valence-electron chi connectivity index (χ1n) is 7.97. The van der Waals surface area contributed by atoms with Crippen molar-refractivity contribution in [3.8, 4) is 5.75 Å². The van der Waals surface area contributed by atoms with Crippen molar-refractivity contribution >= 4 is 0 Å². The maximum atomic E-state index is 5.85. The molecule has 118 valence electrons. The van der Waals surface area contributed by atoms with Crippen molar-refractivity contribution in [2.24, 2.45) is 0 Å². The van der Waals surface area contributed by atoms with Gasteiger partial charge in [-0.25, -0.2) is 0 Å². The van der Waals surface area contributed by atoms with Gasteiger partial charge in [-0.1, -0.05) is 12.1 Å². The molecule has 0 amide bonds. The van der Waals surface area contributed by atoms with Crippen LogP contribution < -0.4 is 10.1 Å². The minimum Gasteiger partial charge on any atom is -0.492 e. The SMILES string of the molecule is CNC(C)Cc1ccc(OCCN2CCN(C)CC2)cc1. The van der Waals surface area contributed by atoms with E-state index in [1.54, 1.807) is 0 Å². The second-order valence-corrected chi connectivity index (χ2v) is 6.03. The van der Waals surface area contributed by atoms with Crippen LogP contribution >= 0.6 is 0 Å². The largest absolute Gasteiger partial charge is 0.492 e. The summed E-state index contributed by atoms with van der Waals surface area (Å²) in [6, 6.07) is 9.01. The Bertz CT molecular complexity index is 399. The summed E-state index contributed by atoms with van der Waals surface area (Å²) in [7, 11) is 4.19. The van der Waals surface area contributed by atoms with E-state index in [2.05, 4.69) is 53.4 Å². The Labute approximate surface area is 129 Å². The van der Waals surface area contributed by atoms with Gasteiger partial charge in [-0.05, 0) is 45.1 Å². The van der Waals surface area contributed by atoms with Crippen molar-refractivity contribution in [1.82, 2.24) is 15.1 Å². The summed E-state index contributed by atoms with van der Waals surface area (Å²) in [5.74, 6) is 0.977. The zero-order chi connectivity index (χ0) is 15.1. The third kappa shape index (κ3) is 5.65. The number of benzene rings is 1. The molecular weight excluding hydrogens is 262 g/mol. The monoisotopic (exact) mass is 291 g/mol. The van der Waals surface area contributed by atoms with Crippen LogP contribution in [0.15, 0.2) is 24.3 Å². The van der Waals surface area contributed by atoms with Crippen LogP contribution in [0.25, 0.3) is 0 Å². The zero-order valence-electron chi connectivity index (χ0n) is 13.6. The third-order valence-electron chi connectivity index (χ3n) is 4.23. The highest BCUT2D eigenvalue weighted by molar-refractivity contribution is 5.27. The summed E-state index contributed by atoms with van der Waals surface area (Å²) in [6.07, 6.45) is 1.05. The first-order valence-corrected chi connectivity index (χ1v) is 7.97. The Hall–Kier alpha value is -1.10. The first kappa shape index (κ1) is 16.3. The average Bonchev–Trinajstić information content (AvgIpc) is 2.51. The van der Waals surface area contributed by atoms with Gasteiger partial charge in [0.15, 0.2) is 0 Å². The van der Waals surface area contributed by atoms with Gasteiger partial charge < -0.3 is 15.0 Å². The minimum absolute atomic E-state index is 0.508. The molecule has 0 radical (unpaired) electrons. The fraction of sp³-hybridized carbons (Fsp3) is 0.647. The highest BCUT2D eigenvalue weighted by Gasteiger charge is 2.13. The lowest BCUT2D eigenvalue weighted by Gasteiger charge is -2.32. The summed E-state index contributed by atoms with van der Waals surface area (Å²) in [4.78, 5) is 4.85. The molecule has 0 saturated carbocycles. The highest BCUT2D eigenvalue weighted by Crippen LogP contribution is 2.13. The van der Waals surface area contributed by atoms with Crippen LogP contribution in [-0.2, 0) is 6.42 Å². The quantitative estimate of drug-likeness (QED) is 0.823. The number of hydrogen-bond acceptors (Lipinski definition) is 4. The number of ether oxygens (including phenoxy) is 1. The molecule has 4 nitrogen and oxygen atoms in total. The van der Waals surface area contributed by atoms with Crippen LogP contribution in [0.5, 0.6) is 5.75 Å². The standard InChI is InChI=1S/C17H29N3O/c1-15(18-2)14-16-4-6-17(7-5-16)21-13-12-20-10-8-19(3)9-11-20/h4-7,15,18H,8-14H2,1-3H3. The fourth-order valence-corrected chi connectivity index (χ4v) is 2.54. The van der Waals surface area contributed by atoms with Gasteiger partial charge in [-0.3, -0.25) is 4.90 Å². The Balaban J connectivity index is 1.69. The van der Waals surface area contributed by atoms with Crippen molar-refractivity contribution in [3.05, 3.63) is 29.8 Å². The van der Waals surface area contributed by atoms with Crippen LogP contribution in [-0.4, -0.2) is 69.3 Å². The molecule has 0 aliphatic carbocycles. The van der Waals surface area contributed by atoms with Gasteiger partial charge in [0.1, 0.15) is 12.4 Å². The molecule has 1 aliphatic heterocycles. The second kappa shape index (κ2) is 8.37. The maximum Gasteiger partial charge on any atom is 0.119 e. The summed E-state index contributed by atoms with van der Waals surface area (Å²) in [6.45, 7) is 8.63. The summed E-state index contributed by atoms with van der Waals surface area (Å²) >= 11 is 0. The minimum atomic E-state index is 0.508. The van der Waals surface area contributed by atoms with Crippen LogP contribution in [0.2, 0.25) is 0 Å². The molecule has 21 heavy (non-hydrogen) atoms. The molecule has 1 heterocycles. The third-order valence-corrected chi connectivity index (χ3v) is 4.23. The summed E-state index contributed by atoms with van der Waals surface area (Å²) in [5, 5.41) is 3.26.